The number of esters is 1. The molecule has 0 N–H and O–H groups in total. The van der Waals surface area contributed by atoms with Gasteiger partial charge in [-0.15, -0.1) is 0 Å². The van der Waals surface area contributed by atoms with E-state index >= 15 is 0 Å². The lowest BCUT2D eigenvalue weighted by Gasteiger charge is -2.42. The molecular weight excluding hydrogens is 340 g/mol. The zero-order valence-electron chi connectivity index (χ0n) is 18.3. The number of allylic oxidation sites excluding steroid dienone is 2. The van der Waals surface area contributed by atoms with E-state index in [0.29, 0.717) is 0 Å². The smallest absolute Gasteiger partial charge is 0.313 e. The first-order valence-electron chi connectivity index (χ1n) is 10.6. The highest BCUT2D eigenvalue weighted by Crippen LogP contribution is 2.39. The van der Waals surface area contributed by atoms with Crippen LogP contribution in [-0.4, -0.2) is 26.5 Å². The van der Waals surface area contributed by atoms with Crippen molar-refractivity contribution in [3.05, 3.63) is 12.2 Å². The van der Waals surface area contributed by atoms with Gasteiger partial charge in [-0.3, -0.25) is 4.79 Å². The Kier molecular flexibility index (Phi) is 9.60. The van der Waals surface area contributed by atoms with Crippen LogP contribution in [0.1, 0.15) is 86.0 Å². The maximum absolute atomic E-state index is 11.9. The van der Waals surface area contributed by atoms with E-state index in [1.807, 2.05) is 0 Å². The molecule has 3 nitrogen and oxygen atoms in total. The van der Waals surface area contributed by atoms with Crippen molar-refractivity contribution in [1.29, 1.82) is 0 Å². The second-order valence-corrected chi connectivity index (χ2v) is 14.1. The summed E-state index contributed by atoms with van der Waals surface area (Å²) in [7, 11) is -1.82. The Labute approximate surface area is 163 Å². The summed E-state index contributed by atoms with van der Waals surface area (Å²) in [4.78, 5) is 11.9. The van der Waals surface area contributed by atoms with Gasteiger partial charge in [-0.05, 0) is 44.3 Å². The maximum atomic E-state index is 11.9. The van der Waals surface area contributed by atoms with Crippen LogP contribution >= 0.6 is 0 Å². The molecule has 26 heavy (non-hydrogen) atoms. The van der Waals surface area contributed by atoms with E-state index in [2.05, 4.69) is 59.9 Å². The number of carbonyl (C=O) groups excluding carboxylic acids is 1. The highest BCUT2D eigenvalue weighted by atomic mass is 28.4. The normalized spacial score (nSPS) is 22.3. The van der Waals surface area contributed by atoms with Gasteiger partial charge in [0.1, 0.15) is 6.10 Å². The molecule has 0 radical (unpaired) electrons. The lowest BCUT2D eigenvalue weighted by Crippen LogP contribution is -2.49. The van der Waals surface area contributed by atoms with Crippen molar-refractivity contribution in [2.24, 2.45) is 5.92 Å². The molecule has 0 aromatic heterocycles. The Bertz CT molecular complexity index is 451. The maximum Gasteiger partial charge on any atom is 0.313 e. The van der Waals surface area contributed by atoms with Crippen LogP contribution in [0.2, 0.25) is 18.1 Å². The topological polar surface area (TPSA) is 35.5 Å². The molecule has 0 aliphatic carbocycles. The summed E-state index contributed by atoms with van der Waals surface area (Å²) in [6.07, 6.45) is 13.3. The second-order valence-electron chi connectivity index (χ2n) is 9.31. The molecule has 0 bridgehead atoms. The quantitative estimate of drug-likeness (QED) is 0.164. The van der Waals surface area contributed by atoms with Crippen molar-refractivity contribution in [1.82, 2.24) is 0 Å². The van der Waals surface area contributed by atoms with E-state index in [9.17, 15) is 4.79 Å². The fraction of sp³-hybridized carbons (Fsp3) is 0.864. The summed E-state index contributed by atoms with van der Waals surface area (Å²) in [5.74, 6) is 0.102. The number of ether oxygens (including phenoxy) is 1. The molecule has 1 rings (SSSR count). The molecular formula is C22H42O3Si. The Morgan fingerprint density at radius 1 is 1.23 bits per heavy atom. The molecule has 0 amide bonds. The Hall–Kier alpha value is -0.613. The van der Waals surface area contributed by atoms with Gasteiger partial charge in [0.25, 0.3) is 0 Å². The molecule has 0 unspecified atom stereocenters. The standard InChI is InChI=1S/C22H42O3Si/c1-8-10-12-14-16-19-20(24-21(19)23)17-18(15-13-11-9-2)25-26(6,7)22(3,4)5/h9,11,18-20H,8,10,12-17H2,1-7H3/b11-9+/t18-,19+,20+/m1/s1. The molecule has 0 aromatic carbocycles. The third kappa shape index (κ3) is 7.19. The van der Waals surface area contributed by atoms with Gasteiger partial charge in [-0.2, -0.15) is 0 Å². The van der Waals surface area contributed by atoms with Gasteiger partial charge in [0.15, 0.2) is 8.32 Å². The first kappa shape index (κ1) is 23.4. The first-order chi connectivity index (χ1) is 12.1. The zero-order valence-corrected chi connectivity index (χ0v) is 19.3. The van der Waals surface area contributed by atoms with Crippen LogP contribution in [0.4, 0.5) is 0 Å². The first-order valence-corrected chi connectivity index (χ1v) is 13.5. The Morgan fingerprint density at radius 3 is 2.46 bits per heavy atom. The van der Waals surface area contributed by atoms with Crippen molar-refractivity contribution in [2.75, 3.05) is 0 Å². The number of unbranched alkanes of at least 4 members (excludes halogenated alkanes) is 3. The van der Waals surface area contributed by atoms with Crippen LogP contribution in [0.15, 0.2) is 12.2 Å². The van der Waals surface area contributed by atoms with Crippen LogP contribution in [0.3, 0.4) is 0 Å². The molecule has 0 spiro atoms. The van der Waals surface area contributed by atoms with Crippen molar-refractivity contribution in [3.8, 4) is 0 Å². The fourth-order valence-corrected chi connectivity index (χ4v) is 4.63. The Morgan fingerprint density at radius 2 is 1.92 bits per heavy atom. The predicted molar refractivity (Wildman–Crippen MR) is 113 cm³/mol. The minimum Gasteiger partial charge on any atom is -0.461 e. The molecule has 1 fully saturated rings. The summed E-state index contributed by atoms with van der Waals surface area (Å²) >= 11 is 0. The number of cyclic esters (lactones) is 1. The average molecular weight is 383 g/mol. The van der Waals surface area contributed by atoms with Gasteiger partial charge < -0.3 is 9.16 Å². The van der Waals surface area contributed by atoms with Crippen molar-refractivity contribution in [3.63, 3.8) is 0 Å². The lowest BCUT2D eigenvalue weighted by atomic mass is 9.87. The van der Waals surface area contributed by atoms with Gasteiger partial charge in [-0.1, -0.05) is 65.5 Å². The SMILES string of the molecule is C/C=C/CC[C@H](C[C@@H]1OC(=O)[C@H]1CCCCCC)O[Si](C)(C)C(C)(C)C. The van der Waals surface area contributed by atoms with Crippen molar-refractivity contribution < 1.29 is 14.0 Å². The van der Waals surface area contributed by atoms with Crippen LogP contribution in [0.5, 0.6) is 0 Å². The number of hydrogen-bond acceptors (Lipinski definition) is 3. The molecule has 1 heterocycles. The van der Waals surface area contributed by atoms with Crippen LogP contribution < -0.4 is 0 Å². The largest absolute Gasteiger partial charge is 0.461 e. The Balaban J connectivity index is 2.65. The highest BCUT2D eigenvalue weighted by molar-refractivity contribution is 6.74. The van der Waals surface area contributed by atoms with Crippen LogP contribution in [0.25, 0.3) is 0 Å². The molecule has 1 aliphatic rings. The number of hydrogen-bond donors (Lipinski definition) is 0. The molecule has 4 heteroatoms. The summed E-state index contributed by atoms with van der Waals surface area (Å²) in [5.41, 5.74) is 0. The van der Waals surface area contributed by atoms with Gasteiger partial charge in [0.2, 0.25) is 0 Å². The minimum absolute atomic E-state index is 0.00558. The van der Waals surface area contributed by atoms with E-state index in [1.165, 1.54) is 19.3 Å². The zero-order chi connectivity index (χ0) is 19.8. The third-order valence-corrected chi connectivity index (χ3v) is 10.6. The molecule has 0 saturated carbocycles. The summed E-state index contributed by atoms with van der Waals surface area (Å²) in [6, 6.07) is 0. The van der Waals surface area contributed by atoms with E-state index < -0.39 is 8.32 Å². The highest BCUT2D eigenvalue weighted by Gasteiger charge is 2.45. The van der Waals surface area contributed by atoms with E-state index in [1.54, 1.807) is 0 Å². The predicted octanol–water partition coefficient (Wildman–Crippen LogP) is 6.64. The number of carbonyl (C=O) groups is 1. The van der Waals surface area contributed by atoms with E-state index in [-0.39, 0.29) is 29.1 Å². The van der Waals surface area contributed by atoms with Gasteiger partial charge in [-0.25, -0.2) is 0 Å². The minimum atomic E-state index is -1.82. The molecule has 0 aromatic rings. The molecule has 152 valence electrons. The fourth-order valence-electron chi connectivity index (χ4n) is 3.23. The lowest BCUT2D eigenvalue weighted by molar-refractivity contribution is -0.188. The van der Waals surface area contributed by atoms with E-state index in [0.717, 1.165) is 32.1 Å². The van der Waals surface area contributed by atoms with Crippen LogP contribution in [0, 0.1) is 5.92 Å². The van der Waals surface area contributed by atoms with E-state index in [4.69, 9.17) is 9.16 Å². The monoisotopic (exact) mass is 382 g/mol. The summed E-state index contributed by atoms with van der Waals surface area (Å²) < 4.78 is 12.2. The average Bonchev–Trinajstić information content (AvgIpc) is 2.52. The van der Waals surface area contributed by atoms with Crippen LogP contribution in [-0.2, 0) is 14.0 Å². The van der Waals surface area contributed by atoms with Crippen molar-refractivity contribution in [2.45, 2.75) is 116 Å². The van der Waals surface area contributed by atoms with Gasteiger partial charge >= 0.3 is 5.97 Å². The molecule has 1 saturated heterocycles. The summed E-state index contributed by atoms with van der Waals surface area (Å²) in [5, 5.41) is 0.196. The van der Waals surface area contributed by atoms with Gasteiger partial charge in [0.05, 0.1) is 5.92 Å². The summed E-state index contributed by atoms with van der Waals surface area (Å²) in [6.45, 7) is 15.7. The third-order valence-electron chi connectivity index (χ3n) is 6.04. The van der Waals surface area contributed by atoms with Gasteiger partial charge in [0, 0.05) is 12.5 Å². The number of rotatable bonds is 12. The second kappa shape index (κ2) is 10.7. The molecule has 3 atom stereocenters. The molecule has 1 aliphatic heterocycles. The van der Waals surface area contributed by atoms with Crippen molar-refractivity contribution >= 4 is 14.3 Å².